The van der Waals surface area contributed by atoms with E-state index in [9.17, 15) is 0 Å². The lowest BCUT2D eigenvalue weighted by atomic mass is 10.1. The quantitative estimate of drug-likeness (QED) is 0.530. The maximum Gasteiger partial charge on any atom is 0.185 e. The van der Waals surface area contributed by atoms with E-state index in [0.717, 1.165) is 18.6 Å². The third-order valence-electron chi connectivity index (χ3n) is 2.35. The molecule has 0 fully saturated rings. The highest BCUT2D eigenvalue weighted by molar-refractivity contribution is 7.99. The Bertz CT molecular complexity index is 308. The summed E-state index contributed by atoms with van der Waals surface area (Å²) in [5.41, 5.74) is 1.78. The first-order valence-corrected chi connectivity index (χ1v) is 10.8. The Labute approximate surface area is 111 Å². The maximum absolute atomic E-state index is 6.20. The zero-order chi connectivity index (χ0) is 12.7. The van der Waals surface area contributed by atoms with Gasteiger partial charge in [-0.2, -0.15) is 0 Å². The second-order valence-electron chi connectivity index (χ2n) is 5.14. The van der Waals surface area contributed by atoms with Gasteiger partial charge < -0.3 is 4.43 Å². The molecule has 1 rings (SSSR count). The van der Waals surface area contributed by atoms with E-state index in [0.29, 0.717) is 5.44 Å². The summed E-state index contributed by atoms with van der Waals surface area (Å²) in [4.78, 5) is 0. The summed E-state index contributed by atoms with van der Waals surface area (Å²) < 4.78 is 6.20. The standard InChI is InChI=1S/C14H24OSSi/c1-5-16-14(15-17(2,3)4)12-11-13-9-7-6-8-10-13/h6-10,14H,5,11-12H2,1-4H3. The van der Waals surface area contributed by atoms with Gasteiger partial charge in [0.1, 0.15) is 0 Å². The fourth-order valence-electron chi connectivity index (χ4n) is 1.69. The topological polar surface area (TPSA) is 9.23 Å². The molecule has 0 saturated heterocycles. The molecule has 0 amide bonds. The van der Waals surface area contributed by atoms with Crippen molar-refractivity contribution in [2.45, 2.75) is 44.8 Å². The third-order valence-corrected chi connectivity index (χ3v) is 4.55. The van der Waals surface area contributed by atoms with Gasteiger partial charge >= 0.3 is 0 Å². The molecule has 1 atom stereocenters. The van der Waals surface area contributed by atoms with Crippen LogP contribution in [-0.4, -0.2) is 19.5 Å². The number of aryl methyl sites for hydroxylation is 1. The SMILES string of the molecule is CCSC(CCc1ccccc1)O[Si](C)(C)C. The molecule has 0 aliphatic rings. The van der Waals surface area contributed by atoms with Crippen LogP contribution in [0.4, 0.5) is 0 Å². The Morgan fingerprint density at radius 1 is 1.18 bits per heavy atom. The minimum absolute atomic E-state index is 0.367. The van der Waals surface area contributed by atoms with Crippen LogP contribution >= 0.6 is 11.8 Å². The number of benzene rings is 1. The Balaban J connectivity index is 2.44. The Morgan fingerprint density at radius 2 is 1.82 bits per heavy atom. The van der Waals surface area contributed by atoms with Crippen LogP contribution in [0.2, 0.25) is 19.6 Å². The van der Waals surface area contributed by atoms with Crippen molar-refractivity contribution in [3.05, 3.63) is 35.9 Å². The van der Waals surface area contributed by atoms with Crippen LogP contribution in [-0.2, 0) is 10.8 Å². The first-order valence-electron chi connectivity index (χ1n) is 6.34. The van der Waals surface area contributed by atoms with Crippen LogP contribution in [0.5, 0.6) is 0 Å². The van der Waals surface area contributed by atoms with Gasteiger partial charge in [0.15, 0.2) is 8.32 Å². The molecular formula is C14H24OSSi. The van der Waals surface area contributed by atoms with E-state index in [1.165, 1.54) is 5.56 Å². The van der Waals surface area contributed by atoms with Gasteiger partial charge in [0.05, 0.1) is 5.44 Å². The van der Waals surface area contributed by atoms with E-state index in [2.05, 4.69) is 56.9 Å². The minimum atomic E-state index is -1.42. The minimum Gasteiger partial charge on any atom is -0.406 e. The Hall–Kier alpha value is -0.253. The zero-order valence-corrected chi connectivity index (χ0v) is 13.2. The molecule has 0 aromatic heterocycles. The van der Waals surface area contributed by atoms with Crippen molar-refractivity contribution in [1.82, 2.24) is 0 Å². The summed E-state index contributed by atoms with van der Waals surface area (Å²) in [6.45, 7) is 8.99. The van der Waals surface area contributed by atoms with Gasteiger partial charge in [0.25, 0.3) is 0 Å². The summed E-state index contributed by atoms with van der Waals surface area (Å²) in [7, 11) is -1.42. The Kier molecular flexibility index (Phi) is 6.31. The van der Waals surface area contributed by atoms with Crippen molar-refractivity contribution < 1.29 is 4.43 Å². The van der Waals surface area contributed by atoms with Gasteiger partial charge in [-0.3, -0.25) is 0 Å². The van der Waals surface area contributed by atoms with Crippen LogP contribution < -0.4 is 0 Å². The van der Waals surface area contributed by atoms with Gasteiger partial charge in [0, 0.05) is 0 Å². The molecule has 0 N–H and O–H groups in total. The highest BCUT2D eigenvalue weighted by Crippen LogP contribution is 2.22. The van der Waals surface area contributed by atoms with Gasteiger partial charge in [-0.1, -0.05) is 37.3 Å². The molecule has 0 aliphatic heterocycles. The van der Waals surface area contributed by atoms with E-state index in [-0.39, 0.29) is 0 Å². The molecule has 0 aliphatic carbocycles. The van der Waals surface area contributed by atoms with E-state index in [1.807, 2.05) is 11.8 Å². The maximum atomic E-state index is 6.20. The van der Waals surface area contributed by atoms with Crippen molar-refractivity contribution in [3.8, 4) is 0 Å². The number of thioether (sulfide) groups is 1. The summed E-state index contributed by atoms with van der Waals surface area (Å²) in [5.74, 6) is 1.13. The lowest BCUT2D eigenvalue weighted by molar-refractivity contribution is 0.271. The molecule has 96 valence electrons. The first-order chi connectivity index (χ1) is 8.01. The molecule has 17 heavy (non-hydrogen) atoms. The van der Waals surface area contributed by atoms with Crippen molar-refractivity contribution in [3.63, 3.8) is 0 Å². The van der Waals surface area contributed by atoms with E-state index >= 15 is 0 Å². The predicted molar refractivity (Wildman–Crippen MR) is 81.1 cm³/mol. The van der Waals surface area contributed by atoms with E-state index < -0.39 is 8.32 Å². The lowest BCUT2D eigenvalue weighted by Crippen LogP contribution is -2.30. The fourth-order valence-corrected chi connectivity index (χ4v) is 4.39. The first kappa shape index (κ1) is 14.8. The summed E-state index contributed by atoms with van der Waals surface area (Å²) in [5, 5.41) is 0. The number of hydrogen-bond acceptors (Lipinski definition) is 2. The molecule has 0 saturated carbocycles. The average molecular weight is 268 g/mol. The Morgan fingerprint density at radius 3 is 2.35 bits per heavy atom. The smallest absolute Gasteiger partial charge is 0.185 e. The normalized spacial score (nSPS) is 13.6. The van der Waals surface area contributed by atoms with Crippen molar-refractivity contribution in [2.75, 3.05) is 5.75 Å². The van der Waals surface area contributed by atoms with Gasteiger partial charge in [-0.05, 0) is 43.8 Å². The van der Waals surface area contributed by atoms with Gasteiger partial charge in [-0.15, -0.1) is 11.8 Å². The fraction of sp³-hybridized carbons (Fsp3) is 0.571. The van der Waals surface area contributed by atoms with Crippen LogP contribution in [0.25, 0.3) is 0 Å². The van der Waals surface area contributed by atoms with Crippen LogP contribution in [0.1, 0.15) is 18.9 Å². The second-order valence-corrected chi connectivity index (χ2v) is 11.0. The molecule has 0 spiro atoms. The molecule has 1 aromatic carbocycles. The molecule has 0 heterocycles. The monoisotopic (exact) mass is 268 g/mol. The summed E-state index contributed by atoms with van der Waals surface area (Å²) in [6, 6.07) is 10.7. The molecule has 1 unspecified atom stereocenters. The van der Waals surface area contributed by atoms with Crippen molar-refractivity contribution in [2.24, 2.45) is 0 Å². The third kappa shape index (κ3) is 6.91. The molecule has 0 radical (unpaired) electrons. The van der Waals surface area contributed by atoms with Gasteiger partial charge in [-0.25, -0.2) is 0 Å². The summed E-state index contributed by atoms with van der Waals surface area (Å²) >= 11 is 1.94. The largest absolute Gasteiger partial charge is 0.406 e. The molecular weight excluding hydrogens is 244 g/mol. The highest BCUT2D eigenvalue weighted by Gasteiger charge is 2.20. The predicted octanol–water partition coefficient (Wildman–Crippen LogP) is 4.55. The van der Waals surface area contributed by atoms with Crippen LogP contribution in [0, 0.1) is 0 Å². The van der Waals surface area contributed by atoms with Crippen LogP contribution in [0.3, 0.4) is 0 Å². The lowest BCUT2D eigenvalue weighted by Gasteiger charge is -2.25. The van der Waals surface area contributed by atoms with Crippen molar-refractivity contribution in [1.29, 1.82) is 0 Å². The highest BCUT2D eigenvalue weighted by atomic mass is 32.2. The molecule has 0 bridgehead atoms. The van der Waals surface area contributed by atoms with E-state index in [4.69, 9.17) is 4.43 Å². The zero-order valence-electron chi connectivity index (χ0n) is 11.4. The average Bonchev–Trinajstić information content (AvgIpc) is 2.26. The molecule has 1 aromatic rings. The van der Waals surface area contributed by atoms with Crippen molar-refractivity contribution >= 4 is 20.1 Å². The second kappa shape index (κ2) is 7.24. The summed E-state index contributed by atoms with van der Waals surface area (Å²) in [6.07, 6.45) is 2.23. The molecule has 3 heteroatoms. The van der Waals surface area contributed by atoms with E-state index in [1.54, 1.807) is 0 Å². The number of hydrogen-bond donors (Lipinski definition) is 0. The van der Waals surface area contributed by atoms with Gasteiger partial charge in [0.2, 0.25) is 0 Å². The van der Waals surface area contributed by atoms with Crippen LogP contribution in [0.15, 0.2) is 30.3 Å². The number of rotatable bonds is 7. The molecule has 1 nitrogen and oxygen atoms in total.